The molecule has 0 aliphatic heterocycles. The van der Waals surface area contributed by atoms with Gasteiger partial charge in [0.05, 0.1) is 6.20 Å². The third-order valence-corrected chi connectivity index (χ3v) is 3.27. The Balaban J connectivity index is 2.20. The molecule has 2 N–H and O–H groups in total. The van der Waals surface area contributed by atoms with E-state index in [-0.39, 0.29) is 6.04 Å². The van der Waals surface area contributed by atoms with Crippen molar-refractivity contribution in [3.8, 4) is 11.5 Å². The van der Waals surface area contributed by atoms with Crippen LogP contribution in [0, 0.1) is 6.92 Å². The highest BCUT2D eigenvalue weighted by molar-refractivity contribution is 9.10. The van der Waals surface area contributed by atoms with Crippen molar-refractivity contribution in [2.45, 2.75) is 19.9 Å². The predicted octanol–water partition coefficient (Wildman–Crippen LogP) is 3.96. The molecule has 1 atom stereocenters. The van der Waals surface area contributed by atoms with Crippen molar-refractivity contribution < 1.29 is 4.74 Å². The van der Waals surface area contributed by atoms with Gasteiger partial charge in [-0.15, -0.1) is 0 Å². The number of rotatable bonds is 3. The maximum atomic E-state index is 5.85. The molecule has 0 aliphatic rings. The minimum atomic E-state index is -0.00512. The molecule has 0 aliphatic carbocycles. The molecule has 18 heavy (non-hydrogen) atoms. The molecule has 4 heteroatoms. The number of hydrogen-bond donors (Lipinski definition) is 1. The quantitative estimate of drug-likeness (QED) is 0.933. The van der Waals surface area contributed by atoms with E-state index in [0.717, 1.165) is 27.2 Å². The maximum absolute atomic E-state index is 5.85. The number of nitrogens with two attached hydrogens (primary N) is 1. The summed E-state index contributed by atoms with van der Waals surface area (Å²) in [6.07, 6.45) is 1.71. The molecule has 0 amide bonds. The number of aromatic nitrogens is 1. The molecule has 1 heterocycles. The Morgan fingerprint density at radius 2 is 1.94 bits per heavy atom. The lowest BCUT2D eigenvalue weighted by Crippen LogP contribution is -2.05. The SMILES string of the molecule is Cc1ccc(Oc2ccc([C@H](C)N)c(Br)c2)cn1. The van der Waals surface area contributed by atoms with Gasteiger partial charge in [0.2, 0.25) is 0 Å². The number of pyridine rings is 1. The van der Waals surface area contributed by atoms with Crippen LogP contribution in [0.1, 0.15) is 24.2 Å². The molecule has 0 saturated heterocycles. The van der Waals surface area contributed by atoms with Gasteiger partial charge in [-0.05, 0) is 43.7 Å². The molecule has 3 nitrogen and oxygen atoms in total. The monoisotopic (exact) mass is 306 g/mol. The summed E-state index contributed by atoms with van der Waals surface area (Å²) in [5.74, 6) is 1.48. The van der Waals surface area contributed by atoms with E-state index in [1.165, 1.54) is 0 Å². The summed E-state index contributed by atoms with van der Waals surface area (Å²) in [5.41, 5.74) is 7.88. The maximum Gasteiger partial charge on any atom is 0.145 e. The highest BCUT2D eigenvalue weighted by Crippen LogP contribution is 2.29. The van der Waals surface area contributed by atoms with Gasteiger partial charge in [-0.3, -0.25) is 4.98 Å². The van der Waals surface area contributed by atoms with Gasteiger partial charge in [0, 0.05) is 16.2 Å². The Bertz CT molecular complexity index is 538. The molecule has 94 valence electrons. The molecule has 0 radical (unpaired) electrons. The Morgan fingerprint density at radius 3 is 2.50 bits per heavy atom. The van der Waals surface area contributed by atoms with Gasteiger partial charge in [0.15, 0.2) is 0 Å². The number of aryl methyl sites for hydroxylation is 1. The third kappa shape index (κ3) is 3.09. The van der Waals surface area contributed by atoms with Gasteiger partial charge in [-0.25, -0.2) is 0 Å². The zero-order valence-electron chi connectivity index (χ0n) is 10.4. The zero-order chi connectivity index (χ0) is 13.1. The predicted molar refractivity (Wildman–Crippen MR) is 75.8 cm³/mol. The van der Waals surface area contributed by atoms with E-state index in [1.807, 2.05) is 44.2 Å². The van der Waals surface area contributed by atoms with Gasteiger partial charge in [-0.1, -0.05) is 22.0 Å². The first-order valence-corrected chi connectivity index (χ1v) is 6.51. The number of ether oxygens (including phenoxy) is 1. The van der Waals surface area contributed by atoms with Gasteiger partial charge in [0.1, 0.15) is 11.5 Å². The molecule has 0 fully saturated rings. The molecule has 0 unspecified atom stereocenters. The van der Waals surface area contributed by atoms with Crippen LogP contribution in [0.4, 0.5) is 0 Å². The number of hydrogen-bond acceptors (Lipinski definition) is 3. The van der Waals surface area contributed by atoms with E-state index in [4.69, 9.17) is 10.5 Å². The highest BCUT2D eigenvalue weighted by atomic mass is 79.9. The number of halogens is 1. The summed E-state index contributed by atoms with van der Waals surface area (Å²) < 4.78 is 6.67. The van der Waals surface area contributed by atoms with E-state index in [1.54, 1.807) is 6.20 Å². The Kier molecular flexibility index (Phi) is 3.99. The molecule has 2 aromatic rings. The van der Waals surface area contributed by atoms with E-state index >= 15 is 0 Å². The lowest BCUT2D eigenvalue weighted by atomic mass is 10.1. The van der Waals surface area contributed by atoms with Crippen molar-refractivity contribution in [3.05, 3.63) is 52.3 Å². The van der Waals surface area contributed by atoms with Crippen molar-refractivity contribution in [1.82, 2.24) is 4.98 Å². The van der Waals surface area contributed by atoms with Crippen LogP contribution in [0.25, 0.3) is 0 Å². The standard InChI is InChI=1S/C14H15BrN2O/c1-9-3-4-12(8-17-9)18-11-5-6-13(10(2)16)14(15)7-11/h3-8,10H,16H2,1-2H3/t10-/m0/s1. The molecular weight excluding hydrogens is 292 g/mol. The Hall–Kier alpha value is -1.39. The van der Waals surface area contributed by atoms with Gasteiger partial charge in [0.25, 0.3) is 0 Å². The lowest BCUT2D eigenvalue weighted by Gasteiger charge is -2.11. The second-order valence-corrected chi connectivity index (χ2v) is 5.06. The Labute approximate surface area is 115 Å². The average molecular weight is 307 g/mol. The van der Waals surface area contributed by atoms with Crippen LogP contribution in [-0.4, -0.2) is 4.98 Å². The van der Waals surface area contributed by atoms with Crippen LogP contribution in [0.3, 0.4) is 0 Å². The largest absolute Gasteiger partial charge is 0.456 e. The van der Waals surface area contributed by atoms with Crippen molar-refractivity contribution in [2.24, 2.45) is 5.73 Å². The second-order valence-electron chi connectivity index (χ2n) is 4.21. The van der Waals surface area contributed by atoms with E-state index < -0.39 is 0 Å². The molecular formula is C14H15BrN2O. The van der Waals surface area contributed by atoms with Crippen molar-refractivity contribution in [3.63, 3.8) is 0 Å². The van der Waals surface area contributed by atoms with Crippen LogP contribution in [-0.2, 0) is 0 Å². The van der Waals surface area contributed by atoms with E-state index in [9.17, 15) is 0 Å². The van der Waals surface area contributed by atoms with Gasteiger partial charge < -0.3 is 10.5 Å². The third-order valence-electron chi connectivity index (χ3n) is 2.58. The molecule has 0 saturated carbocycles. The molecule has 1 aromatic carbocycles. The van der Waals surface area contributed by atoms with Crippen LogP contribution in [0.15, 0.2) is 41.0 Å². The van der Waals surface area contributed by atoms with Gasteiger partial charge >= 0.3 is 0 Å². The second kappa shape index (κ2) is 5.50. The summed E-state index contributed by atoms with van der Waals surface area (Å²) >= 11 is 3.50. The fourth-order valence-electron chi connectivity index (χ4n) is 1.59. The summed E-state index contributed by atoms with van der Waals surface area (Å²) in [6.45, 7) is 3.89. The normalized spacial score (nSPS) is 12.2. The number of benzene rings is 1. The minimum absolute atomic E-state index is 0.00512. The molecule has 0 bridgehead atoms. The molecule has 2 rings (SSSR count). The average Bonchev–Trinajstić information content (AvgIpc) is 2.32. The van der Waals surface area contributed by atoms with Crippen LogP contribution in [0.5, 0.6) is 11.5 Å². The lowest BCUT2D eigenvalue weighted by molar-refractivity contribution is 0.479. The number of nitrogens with zero attached hydrogens (tertiary/aromatic N) is 1. The fraction of sp³-hybridized carbons (Fsp3) is 0.214. The van der Waals surface area contributed by atoms with E-state index in [0.29, 0.717) is 0 Å². The van der Waals surface area contributed by atoms with Crippen LogP contribution < -0.4 is 10.5 Å². The van der Waals surface area contributed by atoms with Gasteiger partial charge in [-0.2, -0.15) is 0 Å². The van der Waals surface area contributed by atoms with Crippen molar-refractivity contribution in [1.29, 1.82) is 0 Å². The van der Waals surface area contributed by atoms with Crippen molar-refractivity contribution >= 4 is 15.9 Å². The Morgan fingerprint density at radius 1 is 1.22 bits per heavy atom. The summed E-state index contributed by atoms with van der Waals surface area (Å²) in [5, 5.41) is 0. The summed E-state index contributed by atoms with van der Waals surface area (Å²) in [6, 6.07) is 9.60. The first-order chi connectivity index (χ1) is 8.56. The summed E-state index contributed by atoms with van der Waals surface area (Å²) in [4.78, 5) is 4.19. The summed E-state index contributed by atoms with van der Waals surface area (Å²) in [7, 11) is 0. The minimum Gasteiger partial charge on any atom is -0.456 e. The first kappa shape index (κ1) is 13.1. The topological polar surface area (TPSA) is 48.1 Å². The van der Waals surface area contributed by atoms with Crippen LogP contribution >= 0.6 is 15.9 Å². The zero-order valence-corrected chi connectivity index (χ0v) is 11.9. The van der Waals surface area contributed by atoms with E-state index in [2.05, 4.69) is 20.9 Å². The van der Waals surface area contributed by atoms with Crippen LogP contribution in [0.2, 0.25) is 0 Å². The fourth-order valence-corrected chi connectivity index (χ4v) is 2.31. The first-order valence-electron chi connectivity index (χ1n) is 5.72. The highest BCUT2D eigenvalue weighted by Gasteiger charge is 2.06. The molecule has 1 aromatic heterocycles. The molecule has 0 spiro atoms. The van der Waals surface area contributed by atoms with Crippen molar-refractivity contribution in [2.75, 3.05) is 0 Å². The smallest absolute Gasteiger partial charge is 0.145 e.